The van der Waals surface area contributed by atoms with Crippen molar-refractivity contribution in [1.29, 1.82) is 0 Å². The molecule has 0 saturated heterocycles. The average molecular weight is 306 g/mol. The Labute approximate surface area is 114 Å². The van der Waals surface area contributed by atoms with Crippen LogP contribution < -0.4 is 5.14 Å². The summed E-state index contributed by atoms with van der Waals surface area (Å²) < 4.78 is 48.3. The largest absolute Gasteiger partial charge is 0.243 e. The highest BCUT2D eigenvalue weighted by Crippen LogP contribution is 2.20. The Bertz CT molecular complexity index is 653. The number of rotatable bonds is 5. The van der Waals surface area contributed by atoms with Crippen molar-refractivity contribution in [3.8, 4) is 0 Å². The van der Waals surface area contributed by atoms with Crippen molar-refractivity contribution in [2.45, 2.75) is 36.1 Å². The molecule has 1 atom stereocenters. The second-order valence-electron chi connectivity index (χ2n) is 4.30. The van der Waals surface area contributed by atoms with E-state index in [-0.39, 0.29) is 15.8 Å². The van der Waals surface area contributed by atoms with E-state index in [4.69, 9.17) is 5.14 Å². The van der Waals surface area contributed by atoms with Crippen molar-refractivity contribution < 1.29 is 16.8 Å². The number of hydrogen-bond donors (Lipinski definition) is 1. The third-order valence-electron chi connectivity index (χ3n) is 3.02. The highest BCUT2D eigenvalue weighted by atomic mass is 32.2. The summed E-state index contributed by atoms with van der Waals surface area (Å²) in [5, 5.41) is 4.99. The molecule has 1 rings (SSSR count). The van der Waals surface area contributed by atoms with E-state index in [1.165, 1.54) is 29.6 Å². The zero-order valence-electron chi connectivity index (χ0n) is 11.1. The van der Waals surface area contributed by atoms with Crippen LogP contribution in [-0.2, 0) is 20.0 Å². The molecule has 0 fully saturated rings. The molecule has 8 heteroatoms. The minimum atomic E-state index is -3.92. The molecule has 108 valence electrons. The fourth-order valence-electron chi connectivity index (χ4n) is 1.47. The van der Waals surface area contributed by atoms with Gasteiger partial charge in [0.15, 0.2) is 0 Å². The number of nitrogens with zero attached hydrogens (tertiary/aromatic N) is 1. The summed E-state index contributed by atoms with van der Waals surface area (Å²) in [6.45, 7) is 3.65. The van der Waals surface area contributed by atoms with Crippen molar-refractivity contribution >= 4 is 20.0 Å². The smallest absolute Gasteiger partial charge is 0.225 e. The number of nitrogens with two attached hydrogens (primary N) is 1. The molecular formula is C11H18N2O4S2. The van der Waals surface area contributed by atoms with Crippen LogP contribution in [0.2, 0.25) is 0 Å². The molecule has 0 aliphatic carbocycles. The van der Waals surface area contributed by atoms with Crippen molar-refractivity contribution in [2.24, 2.45) is 5.14 Å². The molecule has 0 saturated carbocycles. The zero-order valence-corrected chi connectivity index (χ0v) is 12.7. The fourth-order valence-corrected chi connectivity index (χ4v) is 3.59. The molecule has 2 N–H and O–H groups in total. The van der Waals surface area contributed by atoms with E-state index < -0.39 is 20.0 Å². The van der Waals surface area contributed by atoms with Crippen LogP contribution in [-0.4, -0.2) is 34.2 Å². The van der Waals surface area contributed by atoms with Crippen molar-refractivity contribution in [1.82, 2.24) is 4.31 Å². The van der Waals surface area contributed by atoms with Crippen LogP contribution in [0.25, 0.3) is 0 Å². The summed E-state index contributed by atoms with van der Waals surface area (Å²) in [5.41, 5.74) is 0. The SMILES string of the molecule is CC[C@H](C)N(C)S(=O)(=O)c1cccc(S(N)(=O)=O)c1. The molecule has 19 heavy (non-hydrogen) atoms. The molecule has 0 radical (unpaired) electrons. The monoisotopic (exact) mass is 306 g/mol. The predicted molar refractivity (Wildman–Crippen MR) is 72.5 cm³/mol. The lowest BCUT2D eigenvalue weighted by molar-refractivity contribution is 0.380. The van der Waals surface area contributed by atoms with Gasteiger partial charge in [-0.3, -0.25) is 0 Å². The summed E-state index contributed by atoms with van der Waals surface area (Å²) in [6, 6.07) is 4.87. The maximum atomic E-state index is 12.3. The Hall–Kier alpha value is -0.960. The highest BCUT2D eigenvalue weighted by molar-refractivity contribution is 7.90. The second-order valence-corrected chi connectivity index (χ2v) is 7.86. The van der Waals surface area contributed by atoms with Gasteiger partial charge in [-0.2, -0.15) is 4.31 Å². The topological polar surface area (TPSA) is 97.5 Å². The molecule has 0 spiro atoms. The number of primary sulfonamides is 1. The van der Waals surface area contributed by atoms with Crippen LogP contribution in [0.1, 0.15) is 20.3 Å². The van der Waals surface area contributed by atoms with Gasteiger partial charge in [-0.25, -0.2) is 22.0 Å². The first-order valence-corrected chi connectivity index (χ1v) is 8.70. The quantitative estimate of drug-likeness (QED) is 0.868. The van der Waals surface area contributed by atoms with Crippen LogP contribution >= 0.6 is 0 Å². The van der Waals surface area contributed by atoms with Gasteiger partial charge in [-0.05, 0) is 31.5 Å². The van der Waals surface area contributed by atoms with Gasteiger partial charge < -0.3 is 0 Å². The van der Waals surface area contributed by atoms with E-state index in [1.807, 2.05) is 6.92 Å². The van der Waals surface area contributed by atoms with Gasteiger partial charge in [0.1, 0.15) is 0 Å². The predicted octanol–water partition coefficient (Wildman–Crippen LogP) is 0.753. The Morgan fingerprint density at radius 2 is 1.74 bits per heavy atom. The van der Waals surface area contributed by atoms with E-state index in [1.54, 1.807) is 6.92 Å². The van der Waals surface area contributed by atoms with Gasteiger partial charge in [-0.15, -0.1) is 0 Å². The fraction of sp³-hybridized carbons (Fsp3) is 0.455. The molecule has 6 nitrogen and oxygen atoms in total. The van der Waals surface area contributed by atoms with Gasteiger partial charge in [0.25, 0.3) is 0 Å². The molecule has 0 aliphatic rings. The summed E-state index contributed by atoms with van der Waals surface area (Å²) in [4.78, 5) is -0.298. The third-order valence-corrected chi connectivity index (χ3v) is 5.90. The lowest BCUT2D eigenvalue weighted by Crippen LogP contribution is -2.34. The van der Waals surface area contributed by atoms with Crippen molar-refractivity contribution in [3.63, 3.8) is 0 Å². The number of benzene rings is 1. The molecule has 1 aromatic rings. The van der Waals surface area contributed by atoms with Crippen LogP contribution in [0.5, 0.6) is 0 Å². The third kappa shape index (κ3) is 3.53. The summed E-state index contributed by atoms with van der Waals surface area (Å²) >= 11 is 0. The molecule has 0 heterocycles. The summed E-state index contributed by atoms with van der Waals surface area (Å²) in [5.74, 6) is 0. The maximum Gasteiger partial charge on any atom is 0.243 e. The van der Waals surface area contributed by atoms with Gasteiger partial charge >= 0.3 is 0 Å². The standard InChI is InChI=1S/C11H18N2O4S2/c1-4-9(2)13(3)19(16,17)11-7-5-6-10(8-11)18(12,14)15/h5-9H,4H2,1-3H3,(H2,12,14,15)/t9-/m0/s1. The van der Waals surface area contributed by atoms with E-state index in [0.717, 1.165) is 6.07 Å². The van der Waals surface area contributed by atoms with E-state index >= 15 is 0 Å². The lowest BCUT2D eigenvalue weighted by Gasteiger charge is -2.23. The van der Waals surface area contributed by atoms with E-state index in [9.17, 15) is 16.8 Å². The first-order valence-electron chi connectivity index (χ1n) is 5.71. The molecule has 1 aromatic carbocycles. The van der Waals surface area contributed by atoms with Crippen molar-refractivity contribution in [2.75, 3.05) is 7.05 Å². The number of hydrogen-bond acceptors (Lipinski definition) is 4. The van der Waals surface area contributed by atoms with Crippen LogP contribution in [0.4, 0.5) is 0 Å². The molecule has 0 unspecified atom stereocenters. The normalized spacial score (nSPS) is 14.6. The second kappa shape index (κ2) is 5.58. The van der Waals surface area contributed by atoms with E-state index in [2.05, 4.69) is 0 Å². The highest BCUT2D eigenvalue weighted by Gasteiger charge is 2.25. The Morgan fingerprint density at radius 1 is 1.21 bits per heavy atom. The number of sulfonamides is 2. The van der Waals surface area contributed by atoms with Crippen LogP contribution in [0, 0.1) is 0 Å². The van der Waals surface area contributed by atoms with Crippen LogP contribution in [0.3, 0.4) is 0 Å². The molecular weight excluding hydrogens is 288 g/mol. The van der Waals surface area contributed by atoms with Gasteiger partial charge in [0.05, 0.1) is 9.79 Å². The zero-order chi connectivity index (χ0) is 14.8. The Kier molecular flexibility index (Phi) is 4.72. The average Bonchev–Trinajstić information content (AvgIpc) is 2.36. The summed E-state index contributed by atoms with van der Waals surface area (Å²) in [6.07, 6.45) is 0.657. The van der Waals surface area contributed by atoms with Gasteiger partial charge in [-0.1, -0.05) is 13.0 Å². The molecule has 0 bridgehead atoms. The van der Waals surface area contributed by atoms with E-state index in [0.29, 0.717) is 6.42 Å². The van der Waals surface area contributed by atoms with Gasteiger partial charge in [0, 0.05) is 13.1 Å². The summed E-state index contributed by atoms with van der Waals surface area (Å²) in [7, 11) is -6.17. The molecule has 0 aliphatic heterocycles. The molecule has 0 aromatic heterocycles. The Balaban J connectivity index is 3.31. The minimum Gasteiger partial charge on any atom is -0.225 e. The first kappa shape index (κ1) is 16.1. The minimum absolute atomic E-state index is 0.0816. The van der Waals surface area contributed by atoms with Crippen LogP contribution in [0.15, 0.2) is 34.1 Å². The first-order chi connectivity index (χ1) is 8.60. The lowest BCUT2D eigenvalue weighted by atomic mass is 10.3. The van der Waals surface area contributed by atoms with Crippen molar-refractivity contribution in [3.05, 3.63) is 24.3 Å². The maximum absolute atomic E-state index is 12.3. The molecule has 0 amide bonds. The van der Waals surface area contributed by atoms with Gasteiger partial charge in [0.2, 0.25) is 20.0 Å². The Morgan fingerprint density at radius 3 is 2.21 bits per heavy atom.